The Kier molecular flexibility index (Phi) is 5.33. The van der Waals surface area contributed by atoms with E-state index in [1.165, 1.54) is 6.92 Å². The molecule has 0 atom stereocenters. The number of rotatable bonds is 7. The minimum Gasteiger partial charge on any atom is -0.497 e. The van der Waals surface area contributed by atoms with Gasteiger partial charge in [-0.25, -0.2) is 0 Å². The Balaban J connectivity index is 1.53. The third-order valence-corrected chi connectivity index (χ3v) is 3.35. The number of nitrogens with one attached hydrogen (secondary N) is 2. The van der Waals surface area contributed by atoms with E-state index in [1.807, 2.05) is 24.3 Å². The summed E-state index contributed by atoms with van der Waals surface area (Å²) in [5.41, 5.74) is 1.50. The van der Waals surface area contributed by atoms with Crippen molar-refractivity contribution in [3.8, 4) is 11.5 Å². The van der Waals surface area contributed by atoms with Crippen LogP contribution in [0.2, 0.25) is 0 Å². The molecule has 1 heterocycles. The molecule has 1 amide bonds. The van der Waals surface area contributed by atoms with Gasteiger partial charge in [0.2, 0.25) is 5.91 Å². The zero-order valence-electron chi connectivity index (χ0n) is 14.4. The number of anilines is 3. The van der Waals surface area contributed by atoms with E-state index in [9.17, 15) is 4.79 Å². The van der Waals surface area contributed by atoms with E-state index in [2.05, 4.69) is 20.8 Å². The molecule has 3 rings (SSSR count). The number of carbonyl (C=O) groups excluding carboxylic acids is 1. The Hall–Kier alpha value is -3.55. The summed E-state index contributed by atoms with van der Waals surface area (Å²) in [7, 11) is 1.61. The van der Waals surface area contributed by atoms with Crippen molar-refractivity contribution in [2.45, 2.75) is 13.5 Å². The number of hydrogen-bond donors (Lipinski definition) is 2. The van der Waals surface area contributed by atoms with E-state index < -0.39 is 0 Å². The highest BCUT2D eigenvalue weighted by Crippen LogP contribution is 2.20. The summed E-state index contributed by atoms with van der Waals surface area (Å²) in [5.74, 6) is 1.61. The van der Waals surface area contributed by atoms with E-state index in [0.29, 0.717) is 17.3 Å². The summed E-state index contributed by atoms with van der Waals surface area (Å²) in [5, 5.41) is 13.6. The number of benzene rings is 2. The smallest absolute Gasteiger partial charge is 0.320 e. The first-order valence-electron chi connectivity index (χ1n) is 7.86. The second-order valence-electron chi connectivity index (χ2n) is 5.35. The molecule has 8 heteroatoms. The number of ether oxygens (including phenoxy) is 2. The van der Waals surface area contributed by atoms with Crippen LogP contribution in [0.5, 0.6) is 11.5 Å². The topological polar surface area (TPSA) is 98.5 Å². The monoisotopic (exact) mass is 354 g/mol. The average Bonchev–Trinajstić information content (AvgIpc) is 3.09. The molecule has 0 spiro atoms. The molecule has 2 N–H and O–H groups in total. The van der Waals surface area contributed by atoms with Crippen LogP contribution < -0.4 is 20.1 Å². The summed E-state index contributed by atoms with van der Waals surface area (Å²) in [6, 6.07) is 14.6. The fraction of sp³-hybridized carbons (Fsp3) is 0.167. The SMILES string of the molecule is COc1ccc(Nc2nnc(COc3ccc(NC(C)=O)cc3)o2)cc1. The zero-order valence-corrected chi connectivity index (χ0v) is 14.4. The summed E-state index contributed by atoms with van der Waals surface area (Å²) < 4.78 is 16.2. The number of aromatic nitrogens is 2. The van der Waals surface area contributed by atoms with Crippen molar-refractivity contribution in [1.29, 1.82) is 0 Å². The van der Waals surface area contributed by atoms with E-state index >= 15 is 0 Å². The van der Waals surface area contributed by atoms with Crippen molar-refractivity contribution in [3.63, 3.8) is 0 Å². The molecule has 134 valence electrons. The molecule has 0 saturated heterocycles. The highest BCUT2D eigenvalue weighted by molar-refractivity contribution is 5.88. The molecular formula is C18H18N4O4. The van der Waals surface area contributed by atoms with Crippen LogP contribution in [-0.2, 0) is 11.4 Å². The molecule has 0 bridgehead atoms. The van der Waals surface area contributed by atoms with Gasteiger partial charge in [0.1, 0.15) is 11.5 Å². The maximum Gasteiger partial charge on any atom is 0.320 e. The van der Waals surface area contributed by atoms with Crippen molar-refractivity contribution in [1.82, 2.24) is 10.2 Å². The maximum absolute atomic E-state index is 11.0. The van der Waals surface area contributed by atoms with Gasteiger partial charge in [-0.05, 0) is 48.5 Å². The normalized spacial score (nSPS) is 10.2. The lowest BCUT2D eigenvalue weighted by Gasteiger charge is -2.05. The minimum absolute atomic E-state index is 0.124. The largest absolute Gasteiger partial charge is 0.497 e. The molecular weight excluding hydrogens is 336 g/mol. The number of hydrogen-bond acceptors (Lipinski definition) is 7. The summed E-state index contributed by atoms with van der Waals surface area (Å²) >= 11 is 0. The van der Waals surface area contributed by atoms with E-state index in [0.717, 1.165) is 11.4 Å². The fourth-order valence-electron chi connectivity index (χ4n) is 2.14. The molecule has 2 aromatic carbocycles. The van der Waals surface area contributed by atoms with Gasteiger partial charge in [-0.3, -0.25) is 4.79 Å². The van der Waals surface area contributed by atoms with Crippen molar-refractivity contribution in [3.05, 3.63) is 54.4 Å². The highest BCUT2D eigenvalue weighted by atomic mass is 16.5. The lowest BCUT2D eigenvalue weighted by Crippen LogP contribution is -2.05. The fourth-order valence-corrected chi connectivity index (χ4v) is 2.14. The average molecular weight is 354 g/mol. The molecule has 0 saturated carbocycles. The van der Waals surface area contributed by atoms with Crippen LogP contribution in [0.25, 0.3) is 0 Å². The molecule has 8 nitrogen and oxygen atoms in total. The van der Waals surface area contributed by atoms with Gasteiger partial charge in [0.15, 0.2) is 6.61 Å². The molecule has 0 aliphatic carbocycles. The van der Waals surface area contributed by atoms with Crippen LogP contribution in [0.3, 0.4) is 0 Å². The molecule has 0 radical (unpaired) electrons. The van der Waals surface area contributed by atoms with Gasteiger partial charge >= 0.3 is 6.01 Å². The predicted molar refractivity (Wildman–Crippen MR) is 95.7 cm³/mol. The standard InChI is InChI=1S/C18H18N4O4/c1-12(23)19-13-5-9-16(10-6-13)25-11-17-21-22-18(26-17)20-14-3-7-15(24-2)8-4-14/h3-10H,11H2,1-2H3,(H,19,23)(H,20,22). The van der Waals surface area contributed by atoms with Crippen LogP contribution in [0.15, 0.2) is 52.9 Å². The van der Waals surface area contributed by atoms with Crippen LogP contribution >= 0.6 is 0 Å². The van der Waals surface area contributed by atoms with Crippen LogP contribution in [0.1, 0.15) is 12.8 Å². The van der Waals surface area contributed by atoms with E-state index in [4.69, 9.17) is 13.9 Å². The molecule has 1 aromatic heterocycles. The van der Waals surface area contributed by atoms with Crippen LogP contribution in [0, 0.1) is 0 Å². The molecule has 0 aliphatic rings. The maximum atomic E-state index is 11.0. The lowest BCUT2D eigenvalue weighted by molar-refractivity contribution is -0.114. The number of methoxy groups -OCH3 is 1. The van der Waals surface area contributed by atoms with Gasteiger partial charge < -0.3 is 24.5 Å². The molecule has 3 aromatic rings. The van der Waals surface area contributed by atoms with Crippen LogP contribution in [0.4, 0.5) is 17.4 Å². The summed E-state index contributed by atoms with van der Waals surface area (Å²) in [6.45, 7) is 1.59. The second-order valence-corrected chi connectivity index (χ2v) is 5.35. The number of nitrogens with zero attached hydrogens (tertiary/aromatic N) is 2. The van der Waals surface area contributed by atoms with Gasteiger partial charge in [-0.2, -0.15) is 0 Å². The van der Waals surface area contributed by atoms with E-state index in [1.54, 1.807) is 31.4 Å². The third kappa shape index (κ3) is 4.73. The van der Waals surface area contributed by atoms with Gasteiger partial charge in [0.25, 0.3) is 5.89 Å². The molecule has 0 fully saturated rings. The first-order valence-corrected chi connectivity index (χ1v) is 7.86. The zero-order chi connectivity index (χ0) is 18.4. The first kappa shape index (κ1) is 17.3. The molecule has 0 unspecified atom stereocenters. The van der Waals surface area contributed by atoms with Crippen molar-refractivity contribution < 1.29 is 18.7 Å². The van der Waals surface area contributed by atoms with Crippen molar-refractivity contribution in [2.75, 3.05) is 17.7 Å². The molecule has 26 heavy (non-hydrogen) atoms. The third-order valence-electron chi connectivity index (χ3n) is 3.35. The van der Waals surface area contributed by atoms with Gasteiger partial charge in [0, 0.05) is 18.3 Å². The van der Waals surface area contributed by atoms with Gasteiger partial charge in [-0.1, -0.05) is 5.10 Å². The number of carbonyl (C=O) groups is 1. The van der Waals surface area contributed by atoms with Crippen molar-refractivity contribution in [2.24, 2.45) is 0 Å². The molecule has 0 aliphatic heterocycles. The van der Waals surface area contributed by atoms with Crippen LogP contribution in [-0.4, -0.2) is 23.2 Å². The Morgan fingerprint density at radius 3 is 2.31 bits per heavy atom. The second kappa shape index (κ2) is 8.02. The number of amides is 1. The Morgan fingerprint density at radius 2 is 1.65 bits per heavy atom. The predicted octanol–water partition coefficient (Wildman–Crippen LogP) is 3.36. The van der Waals surface area contributed by atoms with E-state index in [-0.39, 0.29) is 18.5 Å². The quantitative estimate of drug-likeness (QED) is 0.671. The highest BCUT2D eigenvalue weighted by Gasteiger charge is 2.07. The van der Waals surface area contributed by atoms with Crippen molar-refractivity contribution >= 4 is 23.3 Å². The Labute approximate surface area is 150 Å². The summed E-state index contributed by atoms with van der Waals surface area (Å²) in [6.07, 6.45) is 0. The summed E-state index contributed by atoms with van der Waals surface area (Å²) in [4.78, 5) is 11.0. The van der Waals surface area contributed by atoms with Gasteiger partial charge in [-0.15, -0.1) is 5.10 Å². The van der Waals surface area contributed by atoms with Gasteiger partial charge in [0.05, 0.1) is 7.11 Å². The Morgan fingerprint density at radius 1 is 1.00 bits per heavy atom. The first-order chi connectivity index (χ1) is 12.6. The minimum atomic E-state index is -0.124. The lowest BCUT2D eigenvalue weighted by atomic mass is 10.3. The Bertz CT molecular complexity index is 860.